The Kier molecular flexibility index (Phi) is 5.92. The van der Waals surface area contributed by atoms with Crippen molar-refractivity contribution >= 4 is 0 Å². The smallest absolute Gasteiger partial charge is 0.255 e. The number of aryl methyl sites for hydroxylation is 1. The van der Waals surface area contributed by atoms with Gasteiger partial charge < -0.3 is 14.6 Å². The fourth-order valence-electron chi connectivity index (χ4n) is 2.42. The van der Waals surface area contributed by atoms with Crippen LogP contribution in [0.3, 0.4) is 0 Å². The summed E-state index contributed by atoms with van der Waals surface area (Å²) in [5.41, 5.74) is 4.12. The minimum atomic E-state index is 0.0435. The monoisotopic (exact) mass is 300 g/mol. The molecule has 2 rings (SSSR count). The van der Waals surface area contributed by atoms with Gasteiger partial charge in [0.15, 0.2) is 0 Å². The molecule has 0 radical (unpaired) electrons. The summed E-state index contributed by atoms with van der Waals surface area (Å²) in [7, 11) is 3.49. The average molecular weight is 300 g/mol. The molecule has 0 fully saturated rings. The van der Waals surface area contributed by atoms with Gasteiger partial charge in [-0.3, -0.25) is 4.79 Å². The molecule has 4 heteroatoms. The molecule has 0 atom stereocenters. The molecule has 4 nitrogen and oxygen atoms in total. The van der Waals surface area contributed by atoms with Gasteiger partial charge in [0, 0.05) is 32.8 Å². The molecule has 1 aromatic heterocycles. The molecule has 0 aliphatic rings. The maximum absolute atomic E-state index is 12.4. The Labute approximate surface area is 131 Å². The lowest BCUT2D eigenvalue weighted by atomic mass is 10.1. The maximum atomic E-state index is 12.4. The van der Waals surface area contributed by atoms with Gasteiger partial charge in [0.2, 0.25) is 0 Å². The number of benzene rings is 1. The molecule has 0 amide bonds. The number of pyridine rings is 1. The molecule has 0 unspecified atom stereocenters. The van der Waals surface area contributed by atoms with Crippen molar-refractivity contribution in [3.05, 3.63) is 57.9 Å². The van der Waals surface area contributed by atoms with Crippen LogP contribution in [-0.2, 0) is 24.8 Å². The molecule has 0 spiro atoms. The Hall–Kier alpha value is -1.91. The van der Waals surface area contributed by atoms with E-state index >= 15 is 0 Å². The lowest BCUT2D eigenvalue weighted by Gasteiger charge is -2.11. The molecule has 0 bridgehead atoms. The van der Waals surface area contributed by atoms with E-state index in [9.17, 15) is 4.79 Å². The van der Waals surface area contributed by atoms with Crippen molar-refractivity contribution in [3.63, 3.8) is 0 Å². The SMILES string of the molecule is CCc1ccc(-c2ccc(CNCCOC)c(=O)n2C)cc1. The summed E-state index contributed by atoms with van der Waals surface area (Å²) >= 11 is 0. The molecular formula is C18H24N2O2. The van der Waals surface area contributed by atoms with Crippen molar-refractivity contribution in [2.45, 2.75) is 19.9 Å². The van der Waals surface area contributed by atoms with Crippen LogP contribution in [0.15, 0.2) is 41.2 Å². The first kappa shape index (κ1) is 16.5. The van der Waals surface area contributed by atoms with E-state index in [0.717, 1.165) is 29.8 Å². The summed E-state index contributed by atoms with van der Waals surface area (Å²) in [5, 5.41) is 3.21. The van der Waals surface area contributed by atoms with Crippen LogP contribution >= 0.6 is 0 Å². The second kappa shape index (κ2) is 7.92. The van der Waals surface area contributed by atoms with Gasteiger partial charge in [0.1, 0.15) is 0 Å². The Morgan fingerprint density at radius 3 is 2.50 bits per heavy atom. The highest BCUT2D eigenvalue weighted by atomic mass is 16.5. The van der Waals surface area contributed by atoms with E-state index in [-0.39, 0.29) is 5.56 Å². The van der Waals surface area contributed by atoms with Crippen molar-refractivity contribution in [3.8, 4) is 11.3 Å². The predicted octanol–water partition coefficient (Wildman–Crippen LogP) is 2.35. The molecule has 0 aliphatic heterocycles. The minimum Gasteiger partial charge on any atom is -0.383 e. The molecule has 0 saturated heterocycles. The number of nitrogens with zero attached hydrogens (tertiary/aromatic N) is 1. The van der Waals surface area contributed by atoms with Crippen molar-refractivity contribution in [2.75, 3.05) is 20.3 Å². The Bertz CT molecular complexity index is 660. The number of methoxy groups -OCH3 is 1. The van der Waals surface area contributed by atoms with Gasteiger partial charge in [-0.15, -0.1) is 0 Å². The van der Waals surface area contributed by atoms with Crippen molar-refractivity contribution in [2.24, 2.45) is 7.05 Å². The zero-order valence-corrected chi connectivity index (χ0v) is 13.6. The molecule has 22 heavy (non-hydrogen) atoms. The van der Waals surface area contributed by atoms with E-state index in [1.807, 2.05) is 19.2 Å². The quantitative estimate of drug-likeness (QED) is 0.798. The lowest BCUT2D eigenvalue weighted by Crippen LogP contribution is -2.27. The van der Waals surface area contributed by atoms with Crippen LogP contribution in [0.1, 0.15) is 18.1 Å². The van der Waals surface area contributed by atoms with E-state index < -0.39 is 0 Å². The van der Waals surface area contributed by atoms with Crippen LogP contribution < -0.4 is 10.9 Å². The molecule has 1 heterocycles. The topological polar surface area (TPSA) is 43.3 Å². The average Bonchev–Trinajstić information content (AvgIpc) is 2.55. The highest BCUT2D eigenvalue weighted by Crippen LogP contribution is 2.18. The van der Waals surface area contributed by atoms with E-state index in [1.54, 1.807) is 11.7 Å². The zero-order chi connectivity index (χ0) is 15.9. The highest BCUT2D eigenvalue weighted by molar-refractivity contribution is 5.60. The largest absolute Gasteiger partial charge is 0.383 e. The molecular weight excluding hydrogens is 276 g/mol. The van der Waals surface area contributed by atoms with Gasteiger partial charge in [-0.1, -0.05) is 37.3 Å². The molecule has 2 aromatic rings. The van der Waals surface area contributed by atoms with Gasteiger partial charge in [-0.05, 0) is 23.6 Å². The van der Waals surface area contributed by atoms with Crippen LogP contribution in [-0.4, -0.2) is 24.8 Å². The molecule has 1 aromatic carbocycles. The molecule has 118 valence electrons. The first-order valence-electron chi connectivity index (χ1n) is 7.65. The predicted molar refractivity (Wildman–Crippen MR) is 90.1 cm³/mol. The standard InChI is InChI=1S/C18H24N2O2/c1-4-14-5-7-15(8-6-14)17-10-9-16(18(21)20(17)2)13-19-11-12-22-3/h5-10,19H,4,11-13H2,1-3H3. The summed E-state index contributed by atoms with van der Waals surface area (Å²) in [4.78, 5) is 12.4. The number of rotatable bonds is 7. The fraction of sp³-hybridized carbons (Fsp3) is 0.389. The first-order chi connectivity index (χ1) is 10.7. The maximum Gasteiger partial charge on any atom is 0.255 e. The van der Waals surface area contributed by atoms with Gasteiger partial charge in [0.05, 0.1) is 12.3 Å². The summed E-state index contributed by atoms with van der Waals surface area (Å²) in [5.74, 6) is 0. The van der Waals surface area contributed by atoms with Crippen LogP contribution in [0.4, 0.5) is 0 Å². The van der Waals surface area contributed by atoms with Crippen molar-refractivity contribution in [1.29, 1.82) is 0 Å². The van der Waals surface area contributed by atoms with E-state index in [1.165, 1.54) is 5.56 Å². The van der Waals surface area contributed by atoms with E-state index in [4.69, 9.17) is 4.74 Å². The third kappa shape index (κ3) is 3.84. The normalized spacial score (nSPS) is 10.9. The van der Waals surface area contributed by atoms with E-state index in [0.29, 0.717) is 13.2 Å². The van der Waals surface area contributed by atoms with Gasteiger partial charge in [-0.25, -0.2) is 0 Å². The number of hydrogen-bond acceptors (Lipinski definition) is 3. The lowest BCUT2D eigenvalue weighted by molar-refractivity contribution is 0.199. The second-order valence-electron chi connectivity index (χ2n) is 5.33. The number of ether oxygens (including phenoxy) is 1. The van der Waals surface area contributed by atoms with Gasteiger partial charge >= 0.3 is 0 Å². The van der Waals surface area contributed by atoms with Crippen LogP contribution in [0, 0.1) is 0 Å². The minimum absolute atomic E-state index is 0.0435. The Balaban J connectivity index is 2.20. The first-order valence-corrected chi connectivity index (χ1v) is 7.65. The molecule has 0 aliphatic carbocycles. The number of hydrogen-bond donors (Lipinski definition) is 1. The Morgan fingerprint density at radius 1 is 1.14 bits per heavy atom. The molecule has 0 saturated carbocycles. The van der Waals surface area contributed by atoms with Crippen LogP contribution in [0.25, 0.3) is 11.3 Å². The number of aromatic nitrogens is 1. The molecule has 1 N–H and O–H groups in total. The zero-order valence-electron chi connectivity index (χ0n) is 13.6. The highest BCUT2D eigenvalue weighted by Gasteiger charge is 2.07. The number of nitrogens with one attached hydrogen (secondary N) is 1. The summed E-state index contributed by atoms with van der Waals surface area (Å²) < 4.78 is 6.70. The second-order valence-corrected chi connectivity index (χ2v) is 5.33. The third-order valence-electron chi connectivity index (χ3n) is 3.84. The van der Waals surface area contributed by atoms with Crippen LogP contribution in [0.2, 0.25) is 0 Å². The Morgan fingerprint density at radius 2 is 1.86 bits per heavy atom. The third-order valence-corrected chi connectivity index (χ3v) is 3.84. The fourth-order valence-corrected chi connectivity index (χ4v) is 2.42. The van der Waals surface area contributed by atoms with E-state index in [2.05, 4.69) is 36.5 Å². The van der Waals surface area contributed by atoms with Crippen LogP contribution in [0.5, 0.6) is 0 Å². The van der Waals surface area contributed by atoms with Crippen molar-refractivity contribution < 1.29 is 4.74 Å². The summed E-state index contributed by atoms with van der Waals surface area (Å²) in [6.45, 7) is 4.07. The van der Waals surface area contributed by atoms with Crippen molar-refractivity contribution in [1.82, 2.24) is 9.88 Å². The summed E-state index contributed by atoms with van der Waals surface area (Å²) in [6, 6.07) is 12.3. The van der Waals surface area contributed by atoms with Gasteiger partial charge in [0.25, 0.3) is 5.56 Å². The van der Waals surface area contributed by atoms with Gasteiger partial charge in [-0.2, -0.15) is 0 Å². The summed E-state index contributed by atoms with van der Waals surface area (Å²) in [6.07, 6.45) is 1.02.